The van der Waals surface area contributed by atoms with Gasteiger partial charge in [0.2, 0.25) is 0 Å². The molecule has 4 nitrogen and oxygen atoms in total. The summed E-state index contributed by atoms with van der Waals surface area (Å²) in [7, 11) is 3.17. The summed E-state index contributed by atoms with van der Waals surface area (Å²) < 4.78 is 15.3. The molecule has 0 fully saturated rings. The number of hydrogen-bond acceptors (Lipinski definition) is 4. The molecule has 0 heterocycles. The second-order valence-corrected chi connectivity index (χ2v) is 3.25. The fraction of sp³-hybridized carbons (Fsp3) is 0.455. The van der Waals surface area contributed by atoms with Crippen molar-refractivity contribution >= 4 is 0 Å². The van der Waals surface area contributed by atoms with Crippen LogP contribution in [0.1, 0.15) is 18.5 Å². The van der Waals surface area contributed by atoms with Gasteiger partial charge in [-0.3, -0.25) is 0 Å². The fourth-order valence-corrected chi connectivity index (χ4v) is 1.21. The van der Waals surface area contributed by atoms with E-state index in [0.29, 0.717) is 11.5 Å². The number of nitrogens with two attached hydrogens (primary N) is 1. The summed E-state index contributed by atoms with van der Waals surface area (Å²) in [5, 5.41) is 0. The van der Waals surface area contributed by atoms with E-state index in [2.05, 4.69) is 0 Å². The number of methoxy groups -OCH3 is 2. The zero-order valence-electron chi connectivity index (χ0n) is 9.32. The van der Waals surface area contributed by atoms with Crippen molar-refractivity contribution in [1.82, 2.24) is 0 Å². The molecule has 0 aliphatic rings. The number of ether oxygens (including phenoxy) is 3. The van der Waals surface area contributed by atoms with Gasteiger partial charge in [-0.15, -0.1) is 0 Å². The summed E-state index contributed by atoms with van der Waals surface area (Å²) in [6.45, 7) is 2.12. The number of rotatable bonds is 5. The highest BCUT2D eigenvalue weighted by Crippen LogP contribution is 2.29. The van der Waals surface area contributed by atoms with Crippen LogP contribution in [0.25, 0.3) is 0 Å². The van der Waals surface area contributed by atoms with Crippen molar-refractivity contribution in [3.8, 4) is 11.5 Å². The molecule has 4 heteroatoms. The molecule has 1 aromatic carbocycles. The molecule has 0 aliphatic heterocycles. The smallest absolute Gasteiger partial charge is 0.188 e. The third kappa shape index (κ3) is 3.11. The minimum Gasteiger partial charge on any atom is -0.493 e. The molecule has 15 heavy (non-hydrogen) atoms. The summed E-state index contributed by atoms with van der Waals surface area (Å²) in [5.74, 6) is 1.32. The lowest BCUT2D eigenvalue weighted by Crippen LogP contribution is -2.06. The van der Waals surface area contributed by atoms with Crippen LogP contribution in [0.3, 0.4) is 0 Å². The molecule has 1 aromatic rings. The molecule has 0 aliphatic carbocycles. The second-order valence-electron chi connectivity index (χ2n) is 3.25. The van der Waals surface area contributed by atoms with Gasteiger partial charge in [0.15, 0.2) is 18.3 Å². The van der Waals surface area contributed by atoms with Crippen LogP contribution in [-0.4, -0.2) is 21.0 Å². The molecule has 0 aromatic heterocycles. The largest absolute Gasteiger partial charge is 0.493 e. The minimum absolute atomic E-state index is 0.0182. The lowest BCUT2D eigenvalue weighted by molar-refractivity contribution is 0.0491. The fourth-order valence-electron chi connectivity index (χ4n) is 1.21. The molecule has 84 valence electrons. The molecule has 0 saturated carbocycles. The monoisotopic (exact) mass is 211 g/mol. The molecular formula is C11H17NO3. The predicted molar refractivity (Wildman–Crippen MR) is 58.1 cm³/mol. The van der Waals surface area contributed by atoms with E-state index in [1.807, 2.05) is 25.1 Å². The van der Waals surface area contributed by atoms with Gasteiger partial charge in [0, 0.05) is 13.2 Å². The van der Waals surface area contributed by atoms with Crippen LogP contribution < -0.4 is 15.2 Å². The van der Waals surface area contributed by atoms with Crippen molar-refractivity contribution in [3.63, 3.8) is 0 Å². The van der Waals surface area contributed by atoms with E-state index in [0.717, 1.165) is 5.56 Å². The van der Waals surface area contributed by atoms with E-state index in [4.69, 9.17) is 19.9 Å². The first kappa shape index (κ1) is 11.8. The molecule has 0 saturated heterocycles. The van der Waals surface area contributed by atoms with Gasteiger partial charge in [-0.05, 0) is 24.6 Å². The first-order chi connectivity index (χ1) is 7.19. The Morgan fingerprint density at radius 1 is 1.27 bits per heavy atom. The van der Waals surface area contributed by atoms with Crippen molar-refractivity contribution in [1.29, 1.82) is 0 Å². The van der Waals surface area contributed by atoms with Crippen LogP contribution in [0.4, 0.5) is 0 Å². The highest BCUT2D eigenvalue weighted by molar-refractivity contribution is 5.43. The third-order valence-corrected chi connectivity index (χ3v) is 2.05. The zero-order valence-corrected chi connectivity index (χ0v) is 9.32. The van der Waals surface area contributed by atoms with E-state index in [1.54, 1.807) is 14.2 Å². The Labute approximate surface area is 89.9 Å². The minimum atomic E-state index is -0.0182. The Kier molecular flexibility index (Phi) is 4.39. The average Bonchev–Trinajstić information content (AvgIpc) is 2.25. The molecule has 0 bridgehead atoms. The first-order valence-electron chi connectivity index (χ1n) is 4.74. The summed E-state index contributed by atoms with van der Waals surface area (Å²) in [6, 6.07) is 5.60. The summed E-state index contributed by atoms with van der Waals surface area (Å²) in [6.07, 6.45) is 0. The molecule has 1 rings (SSSR count). The number of benzene rings is 1. The quantitative estimate of drug-likeness (QED) is 0.753. The Morgan fingerprint density at radius 3 is 2.53 bits per heavy atom. The Bertz CT molecular complexity index is 313. The lowest BCUT2D eigenvalue weighted by atomic mass is 10.1. The lowest BCUT2D eigenvalue weighted by Gasteiger charge is -2.12. The maximum Gasteiger partial charge on any atom is 0.188 e. The van der Waals surface area contributed by atoms with E-state index >= 15 is 0 Å². The van der Waals surface area contributed by atoms with Crippen LogP contribution in [0.2, 0.25) is 0 Å². The highest BCUT2D eigenvalue weighted by Gasteiger charge is 2.07. The SMILES string of the molecule is COCOc1ccc(C(C)N)cc1OC. The molecule has 1 atom stereocenters. The van der Waals surface area contributed by atoms with Crippen molar-refractivity contribution in [3.05, 3.63) is 23.8 Å². The zero-order chi connectivity index (χ0) is 11.3. The van der Waals surface area contributed by atoms with Crippen LogP contribution in [0, 0.1) is 0 Å². The normalized spacial score (nSPS) is 12.3. The first-order valence-corrected chi connectivity index (χ1v) is 4.74. The van der Waals surface area contributed by atoms with Crippen molar-refractivity contribution < 1.29 is 14.2 Å². The van der Waals surface area contributed by atoms with Crippen LogP contribution in [0.5, 0.6) is 11.5 Å². The average molecular weight is 211 g/mol. The van der Waals surface area contributed by atoms with Crippen molar-refractivity contribution in [2.45, 2.75) is 13.0 Å². The maximum atomic E-state index is 5.77. The highest BCUT2D eigenvalue weighted by atomic mass is 16.7. The van der Waals surface area contributed by atoms with Crippen LogP contribution >= 0.6 is 0 Å². The Balaban J connectivity index is 2.88. The van der Waals surface area contributed by atoms with Gasteiger partial charge in [-0.2, -0.15) is 0 Å². The summed E-state index contributed by atoms with van der Waals surface area (Å²) in [4.78, 5) is 0. The molecule has 2 N–H and O–H groups in total. The van der Waals surface area contributed by atoms with Gasteiger partial charge in [0.1, 0.15) is 0 Å². The van der Waals surface area contributed by atoms with Gasteiger partial charge in [0.25, 0.3) is 0 Å². The molecule has 0 radical (unpaired) electrons. The van der Waals surface area contributed by atoms with Crippen molar-refractivity contribution in [2.75, 3.05) is 21.0 Å². The Morgan fingerprint density at radius 2 is 2.00 bits per heavy atom. The maximum absolute atomic E-state index is 5.77. The van der Waals surface area contributed by atoms with E-state index in [1.165, 1.54) is 0 Å². The third-order valence-electron chi connectivity index (χ3n) is 2.05. The van der Waals surface area contributed by atoms with Crippen LogP contribution in [-0.2, 0) is 4.74 Å². The molecule has 0 amide bonds. The predicted octanol–water partition coefficient (Wildman–Crippen LogP) is 1.70. The summed E-state index contributed by atoms with van der Waals surface area (Å²) >= 11 is 0. The van der Waals surface area contributed by atoms with Gasteiger partial charge >= 0.3 is 0 Å². The number of hydrogen-bond donors (Lipinski definition) is 1. The molecule has 0 spiro atoms. The van der Waals surface area contributed by atoms with E-state index < -0.39 is 0 Å². The molecule has 1 unspecified atom stereocenters. The van der Waals surface area contributed by atoms with Crippen LogP contribution in [0.15, 0.2) is 18.2 Å². The summed E-state index contributed by atoms with van der Waals surface area (Å²) in [5.41, 5.74) is 6.78. The van der Waals surface area contributed by atoms with E-state index in [-0.39, 0.29) is 12.8 Å². The second kappa shape index (κ2) is 5.58. The topological polar surface area (TPSA) is 53.7 Å². The van der Waals surface area contributed by atoms with Gasteiger partial charge in [-0.1, -0.05) is 6.07 Å². The van der Waals surface area contributed by atoms with Gasteiger partial charge in [-0.25, -0.2) is 0 Å². The van der Waals surface area contributed by atoms with Crippen molar-refractivity contribution in [2.24, 2.45) is 5.73 Å². The standard InChI is InChI=1S/C11H17NO3/c1-8(12)9-4-5-10(15-7-13-2)11(6-9)14-3/h4-6,8H,7,12H2,1-3H3. The molecular weight excluding hydrogens is 194 g/mol. The van der Waals surface area contributed by atoms with Gasteiger partial charge in [0.05, 0.1) is 7.11 Å². The van der Waals surface area contributed by atoms with Gasteiger partial charge < -0.3 is 19.9 Å². The van der Waals surface area contributed by atoms with E-state index in [9.17, 15) is 0 Å². The Hall–Kier alpha value is -1.26.